The van der Waals surface area contributed by atoms with Crippen molar-refractivity contribution in [2.45, 2.75) is 25.4 Å². The van der Waals surface area contributed by atoms with Crippen molar-refractivity contribution in [1.82, 2.24) is 0 Å². The molecule has 0 aliphatic heterocycles. The minimum Gasteiger partial charge on any atom is -0.494 e. The molecule has 1 aromatic carbocycles. The standard InChI is InChI=1S/C12H13F3O2/c13-12(14,15)7-1-2-8-17-11-5-3-10(9-16)4-6-11/h3-6,9H,1-2,7-8H2. The van der Waals surface area contributed by atoms with E-state index in [1.54, 1.807) is 24.3 Å². The molecular weight excluding hydrogens is 233 g/mol. The zero-order chi connectivity index (χ0) is 12.7. The topological polar surface area (TPSA) is 26.3 Å². The van der Waals surface area contributed by atoms with Crippen molar-refractivity contribution in [3.05, 3.63) is 29.8 Å². The van der Waals surface area contributed by atoms with Gasteiger partial charge in [0.2, 0.25) is 0 Å². The third-order valence-electron chi connectivity index (χ3n) is 2.14. The van der Waals surface area contributed by atoms with Crippen LogP contribution in [0.4, 0.5) is 13.2 Å². The normalized spacial score (nSPS) is 11.2. The number of alkyl halides is 3. The first-order chi connectivity index (χ1) is 8.01. The minimum absolute atomic E-state index is 0.0654. The Kier molecular flexibility index (Phi) is 5.00. The summed E-state index contributed by atoms with van der Waals surface area (Å²) in [6, 6.07) is 6.43. The highest BCUT2D eigenvalue weighted by atomic mass is 19.4. The molecule has 0 heterocycles. The molecule has 17 heavy (non-hydrogen) atoms. The maximum absolute atomic E-state index is 11.8. The van der Waals surface area contributed by atoms with Crippen LogP contribution in [0.1, 0.15) is 29.6 Å². The number of carbonyl (C=O) groups is 1. The zero-order valence-electron chi connectivity index (χ0n) is 9.17. The maximum Gasteiger partial charge on any atom is 0.389 e. The number of ether oxygens (including phenoxy) is 1. The molecule has 0 aliphatic carbocycles. The number of unbranched alkanes of at least 4 members (excludes halogenated alkanes) is 1. The molecule has 0 amide bonds. The van der Waals surface area contributed by atoms with Crippen LogP contribution in [0.3, 0.4) is 0 Å². The van der Waals surface area contributed by atoms with Crippen molar-refractivity contribution in [1.29, 1.82) is 0 Å². The second-order valence-corrected chi connectivity index (χ2v) is 3.61. The third-order valence-corrected chi connectivity index (χ3v) is 2.14. The lowest BCUT2D eigenvalue weighted by Gasteiger charge is -2.07. The molecule has 0 saturated heterocycles. The summed E-state index contributed by atoms with van der Waals surface area (Å²) in [6.07, 6.45) is -3.73. The molecule has 0 atom stereocenters. The SMILES string of the molecule is O=Cc1ccc(OCCCCC(F)(F)F)cc1. The van der Waals surface area contributed by atoms with Crippen LogP contribution in [-0.2, 0) is 0 Å². The van der Waals surface area contributed by atoms with Gasteiger partial charge in [-0.05, 0) is 37.1 Å². The van der Waals surface area contributed by atoms with Crippen molar-refractivity contribution in [3.8, 4) is 5.75 Å². The van der Waals surface area contributed by atoms with Gasteiger partial charge in [0, 0.05) is 12.0 Å². The van der Waals surface area contributed by atoms with E-state index in [-0.39, 0.29) is 13.0 Å². The lowest BCUT2D eigenvalue weighted by Crippen LogP contribution is -2.07. The average Bonchev–Trinajstić information content (AvgIpc) is 2.28. The number of carbonyl (C=O) groups excluding carboxylic acids is 1. The number of hydrogen-bond donors (Lipinski definition) is 0. The van der Waals surface area contributed by atoms with Gasteiger partial charge >= 0.3 is 6.18 Å². The Morgan fingerprint density at radius 3 is 2.29 bits per heavy atom. The monoisotopic (exact) mass is 246 g/mol. The molecular formula is C12H13F3O2. The first kappa shape index (κ1) is 13.5. The molecule has 0 radical (unpaired) electrons. The van der Waals surface area contributed by atoms with Crippen molar-refractivity contribution in [2.75, 3.05) is 6.61 Å². The molecule has 5 heteroatoms. The quantitative estimate of drug-likeness (QED) is 0.566. The highest BCUT2D eigenvalue weighted by Crippen LogP contribution is 2.22. The number of aldehydes is 1. The summed E-state index contributed by atoms with van der Waals surface area (Å²) >= 11 is 0. The van der Waals surface area contributed by atoms with Crippen LogP contribution < -0.4 is 4.74 Å². The Morgan fingerprint density at radius 1 is 1.12 bits per heavy atom. The molecule has 0 saturated carbocycles. The van der Waals surface area contributed by atoms with E-state index in [0.29, 0.717) is 24.0 Å². The zero-order valence-corrected chi connectivity index (χ0v) is 9.17. The van der Waals surface area contributed by atoms with Gasteiger partial charge in [-0.25, -0.2) is 0 Å². The Bertz CT molecular complexity index is 344. The summed E-state index contributed by atoms with van der Waals surface area (Å²) in [6.45, 7) is 0.247. The first-order valence-electron chi connectivity index (χ1n) is 5.26. The molecule has 1 rings (SSSR count). The predicted octanol–water partition coefficient (Wildman–Crippen LogP) is 3.61. The molecule has 0 bridgehead atoms. The third kappa shape index (κ3) is 5.94. The molecule has 0 N–H and O–H groups in total. The fourth-order valence-corrected chi connectivity index (χ4v) is 1.26. The van der Waals surface area contributed by atoms with Crippen LogP contribution in [0, 0.1) is 0 Å². The Balaban J connectivity index is 2.20. The number of benzene rings is 1. The van der Waals surface area contributed by atoms with Crippen molar-refractivity contribution in [2.24, 2.45) is 0 Å². The van der Waals surface area contributed by atoms with Gasteiger partial charge < -0.3 is 4.74 Å². The van der Waals surface area contributed by atoms with Gasteiger partial charge in [-0.15, -0.1) is 0 Å². The van der Waals surface area contributed by atoms with Crippen molar-refractivity contribution in [3.63, 3.8) is 0 Å². The van der Waals surface area contributed by atoms with Crippen LogP contribution in [0.25, 0.3) is 0 Å². The highest BCUT2D eigenvalue weighted by Gasteiger charge is 2.25. The van der Waals surface area contributed by atoms with E-state index in [4.69, 9.17) is 4.74 Å². The molecule has 0 fully saturated rings. The number of halogens is 3. The summed E-state index contributed by atoms with van der Waals surface area (Å²) < 4.78 is 40.7. The average molecular weight is 246 g/mol. The van der Waals surface area contributed by atoms with E-state index >= 15 is 0 Å². The van der Waals surface area contributed by atoms with E-state index in [0.717, 1.165) is 0 Å². The van der Waals surface area contributed by atoms with E-state index in [1.165, 1.54) is 0 Å². The van der Waals surface area contributed by atoms with E-state index in [2.05, 4.69) is 0 Å². The summed E-state index contributed by atoms with van der Waals surface area (Å²) in [5, 5.41) is 0. The molecule has 1 aromatic rings. The smallest absolute Gasteiger partial charge is 0.389 e. The highest BCUT2D eigenvalue weighted by molar-refractivity contribution is 5.74. The Morgan fingerprint density at radius 2 is 1.76 bits per heavy atom. The van der Waals surface area contributed by atoms with Gasteiger partial charge in [-0.3, -0.25) is 4.79 Å². The minimum atomic E-state index is -4.09. The van der Waals surface area contributed by atoms with Crippen LogP contribution in [0.2, 0.25) is 0 Å². The maximum atomic E-state index is 11.8. The molecule has 0 unspecified atom stereocenters. The molecule has 2 nitrogen and oxygen atoms in total. The van der Waals surface area contributed by atoms with Crippen molar-refractivity contribution >= 4 is 6.29 Å². The Hall–Kier alpha value is -1.52. The van der Waals surface area contributed by atoms with Gasteiger partial charge in [-0.1, -0.05) is 0 Å². The number of hydrogen-bond acceptors (Lipinski definition) is 2. The molecule has 0 aromatic heterocycles. The van der Waals surface area contributed by atoms with Gasteiger partial charge in [0.25, 0.3) is 0 Å². The van der Waals surface area contributed by atoms with Gasteiger partial charge in [-0.2, -0.15) is 13.2 Å². The fourth-order valence-electron chi connectivity index (χ4n) is 1.26. The van der Waals surface area contributed by atoms with Gasteiger partial charge in [0.15, 0.2) is 0 Å². The molecule has 94 valence electrons. The summed E-state index contributed by atoms with van der Waals surface area (Å²) in [5.41, 5.74) is 0.537. The summed E-state index contributed by atoms with van der Waals surface area (Å²) in [5.74, 6) is 0.558. The lowest BCUT2D eigenvalue weighted by atomic mass is 10.2. The summed E-state index contributed by atoms with van der Waals surface area (Å²) in [4.78, 5) is 10.4. The Labute approximate surface area is 97.4 Å². The number of rotatable bonds is 6. The molecule has 0 aliphatic rings. The lowest BCUT2D eigenvalue weighted by molar-refractivity contribution is -0.135. The van der Waals surface area contributed by atoms with E-state index in [9.17, 15) is 18.0 Å². The van der Waals surface area contributed by atoms with Crippen LogP contribution in [0.5, 0.6) is 5.75 Å². The largest absolute Gasteiger partial charge is 0.494 e. The van der Waals surface area contributed by atoms with Crippen LogP contribution in [0.15, 0.2) is 24.3 Å². The predicted molar refractivity (Wildman–Crippen MR) is 57.2 cm³/mol. The fraction of sp³-hybridized carbons (Fsp3) is 0.417. The van der Waals surface area contributed by atoms with E-state index < -0.39 is 12.6 Å². The second kappa shape index (κ2) is 6.27. The van der Waals surface area contributed by atoms with Crippen molar-refractivity contribution < 1.29 is 22.7 Å². The van der Waals surface area contributed by atoms with Gasteiger partial charge in [0.05, 0.1) is 6.61 Å². The van der Waals surface area contributed by atoms with Crippen LogP contribution >= 0.6 is 0 Å². The second-order valence-electron chi connectivity index (χ2n) is 3.61. The summed E-state index contributed by atoms with van der Waals surface area (Å²) in [7, 11) is 0. The molecule has 0 spiro atoms. The van der Waals surface area contributed by atoms with Crippen LogP contribution in [-0.4, -0.2) is 19.1 Å². The van der Waals surface area contributed by atoms with E-state index in [1.807, 2.05) is 0 Å². The first-order valence-corrected chi connectivity index (χ1v) is 5.26. The van der Waals surface area contributed by atoms with Gasteiger partial charge in [0.1, 0.15) is 12.0 Å².